The standard InChI is InChI=1S/C20H21Br2FN2O3Si/c1-29(2,3)9-8-28-11-25-10-24-18-15(20(25)27)16(21)14(17(22)19(18)26)12-4-6-13(23)7-5-12/h4-7,10,26H,8-9,11H2,1-3H3. The first-order valence-electron chi connectivity index (χ1n) is 9.03. The molecular formula is C20H21Br2FN2O3Si. The summed E-state index contributed by atoms with van der Waals surface area (Å²) in [7, 11) is -1.22. The zero-order valence-corrected chi connectivity index (χ0v) is 20.5. The van der Waals surface area contributed by atoms with Crippen molar-refractivity contribution in [2.45, 2.75) is 32.4 Å². The highest BCUT2D eigenvalue weighted by Gasteiger charge is 2.22. The fourth-order valence-corrected chi connectivity index (χ4v) is 5.24. The Morgan fingerprint density at radius 1 is 1.17 bits per heavy atom. The number of benzene rings is 2. The molecule has 0 amide bonds. The van der Waals surface area contributed by atoms with Crippen LogP contribution in [-0.2, 0) is 11.5 Å². The lowest BCUT2D eigenvalue weighted by Gasteiger charge is -2.16. The Hall–Kier alpha value is -1.55. The van der Waals surface area contributed by atoms with Crippen LogP contribution in [0.1, 0.15) is 0 Å². The highest BCUT2D eigenvalue weighted by Crippen LogP contribution is 2.44. The Balaban J connectivity index is 2.06. The van der Waals surface area contributed by atoms with E-state index < -0.39 is 8.07 Å². The van der Waals surface area contributed by atoms with Gasteiger partial charge in [0.25, 0.3) is 5.56 Å². The van der Waals surface area contributed by atoms with Gasteiger partial charge in [0.2, 0.25) is 0 Å². The van der Waals surface area contributed by atoms with Gasteiger partial charge in [0.15, 0.2) is 5.75 Å². The molecule has 0 saturated carbocycles. The average molecular weight is 544 g/mol. The number of hydrogen-bond acceptors (Lipinski definition) is 4. The van der Waals surface area contributed by atoms with Gasteiger partial charge in [0, 0.05) is 24.7 Å². The van der Waals surface area contributed by atoms with E-state index in [0.29, 0.717) is 26.7 Å². The quantitative estimate of drug-likeness (QED) is 0.318. The first-order valence-corrected chi connectivity index (χ1v) is 14.3. The number of aromatic nitrogens is 2. The molecule has 0 fully saturated rings. The molecule has 2 aromatic carbocycles. The van der Waals surface area contributed by atoms with Crippen LogP contribution in [0, 0.1) is 5.82 Å². The van der Waals surface area contributed by atoms with Crippen LogP contribution in [0.4, 0.5) is 4.39 Å². The molecule has 0 unspecified atom stereocenters. The molecule has 0 atom stereocenters. The topological polar surface area (TPSA) is 64.3 Å². The lowest BCUT2D eigenvalue weighted by molar-refractivity contribution is 0.0844. The number of rotatable bonds is 6. The van der Waals surface area contributed by atoms with E-state index in [4.69, 9.17) is 4.74 Å². The minimum absolute atomic E-state index is 0.0847. The molecule has 0 bridgehead atoms. The summed E-state index contributed by atoms with van der Waals surface area (Å²) >= 11 is 6.87. The third-order valence-electron chi connectivity index (χ3n) is 4.49. The van der Waals surface area contributed by atoms with Crippen molar-refractivity contribution in [3.63, 3.8) is 0 Å². The van der Waals surface area contributed by atoms with Gasteiger partial charge in [0.1, 0.15) is 24.4 Å². The molecule has 0 spiro atoms. The second-order valence-electron chi connectivity index (χ2n) is 7.95. The number of nitrogens with zero attached hydrogens (tertiary/aromatic N) is 2. The Morgan fingerprint density at radius 2 is 1.83 bits per heavy atom. The highest BCUT2D eigenvalue weighted by molar-refractivity contribution is 9.11. The van der Waals surface area contributed by atoms with Crippen molar-refractivity contribution in [1.29, 1.82) is 0 Å². The number of aromatic hydroxyl groups is 1. The van der Waals surface area contributed by atoms with E-state index >= 15 is 0 Å². The summed E-state index contributed by atoms with van der Waals surface area (Å²) in [5, 5.41) is 10.9. The number of halogens is 3. The fourth-order valence-electron chi connectivity index (χ4n) is 2.81. The van der Waals surface area contributed by atoms with E-state index in [0.717, 1.165) is 6.04 Å². The zero-order chi connectivity index (χ0) is 21.3. The summed E-state index contributed by atoms with van der Waals surface area (Å²) in [5.41, 5.74) is 1.04. The second kappa shape index (κ2) is 8.67. The minimum Gasteiger partial charge on any atom is -0.505 e. The third kappa shape index (κ3) is 4.79. The van der Waals surface area contributed by atoms with Crippen molar-refractivity contribution in [3.05, 3.63) is 55.7 Å². The van der Waals surface area contributed by atoms with Crippen LogP contribution >= 0.6 is 31.9 Å². The van der Waals surface area contributed by atoms with Gasteiger partial charge in [-0.3, -0.25) is 9.36 Å². The Labute approximate surface area is 185 Å². The molecule has 29 heavy (non-hydrogen) atoms. The molecule has 1 aromatic heterocycles. The maximum Gasteiger partial charge on any atom is 0.264 e. The summed E-state index contributed by atoms with van der Waals surface area (Å²) in [6, 6.07) is 6.81. The first-order chi connectivity index (χ1) is 13.6. The zero-order valence-electron chi connectivity index (χ0n) is 16.3. The van der Waals surface area contributed by atoms with Gasteiger partial charge in [-0.25, -0.2) is 9.37 Å². The van der Waals surface area contributed by atoms with Crippen molar-refractivity contribution in [2.24, 2.45) is 0 Å². The van der Waals surface area contributed by atoms with Gasteiger partial charge >= 0.3 is 0 Å². The maximum atomic E-state index is 13.3. The van der Waals surface area contributed by atoms with Gasteiger partial charge in [-0.05, 0) is 55.6 Å². The van der Waals surface area contributed by atoms with Gasteiger partial charge in [-0.15, -0.1) is 0 Å². The summed E-state index contributed by atoms with van der Waals surface area (Å²) in [4.78, 5) is 17.3. The van der Waals surface area contributed by atoms with Crippen molar-refractivity contribution in [2.75, 3.05) is 6.61 Å². The highest BCUT2D eigenvalue weighted by atomic mass is 79.9. The van der Waals surface area contributed by atoms with Crippen molar-refractivity contribution in [1.82, 2.24) is 9.55 Å². The summed E-state index contributed by atoms with van der Waals surface area (Å²) in [6.45, 7) is 7.44. The van der Waals surface area contributed by atoms with Crippen LogP contribution in [0.15, 0.2) is 44.3 Å². The molecule has 0 aliphatic heterocycles. The third-order valence-corrected chi connectivity index (χ3v) is 7.76. The fraction of sp³-hybridized carbons (Fsp3) is 0.300. The molecule has 3 aromatic rings. The van der Waals surface area contributed by atoms with Gasteiger partial charge in [-0.2, -0.15) is 0 Å². The monoisotopic (exact) mass is 542 g/mol. The SMILES string of the molecule is C[Si](C)(C)CCOCn1cnc2c(O)c(Br)c(-c3ccc(F)cc3)c(Br)c2c1=O. The predicted octanol–water partition coefficient (Wildman–Crippen LogP) is 5.75. The van der Waals surface area contributed by atoms with Crippen LogP contribution in [-0.4, -0.2) is 29.3 Å². The molecule has 1 N–H and O–H groups in total. The number of phenolic OH excluding ortho intramolecular Hbond substituents is 1. The molecule has 9 heteroatoms. The lowest BCUT2D eigenvalue weighted by atomic mass is 10.0. The van der Waals surface area contributed by atoms with Crippen LogP contribution in [0.3, 0.4) is 0 Å². The molecule has 0 radical (unpaired) electrons. The number of fused-ring (bicyclic) bond motifs is 1. The summed E-state index contributed by atoms with van der Waals surface area (Å²) in [5.74, 6) is -0.517. The number of ether oxygens (including phenoxy) is 1. The molecule has 1 heterocycles. The van der Waals surface area contributed by atoms with Crippen LogP contribution < -0.4 is 5.56 Å². The average Bonchev–Trinajstić information content (AvgIpc) is 2.65. The van der Waals surface area contributed by atoms with Crippen LogP contribution in [0.2, 0.25) is 25.7 Å². The van der Waals surface area contributed by atoms with E-state index in [2.05, 4.69) is 56.5 Å². The molecule has 154 valence electrons. The van der Waals surface area contributed by atoms with E-state index in [1.54, 1.807) is 12.1 Å². The molecule has 0 aliphatic carbocycles. The molecule has 0 saturated heterocycles. The van der Waals surface area contributed by atoms with Crippen molar-refractivity contribution >= 4 is 50.8 Å². The van der Waals surface area contributed by atoms with Gasteiger partial charge in [0.05, 0.1) is 9.86 Å². The largest absolute Gasteiger partial charge is 0.505 e. The van der Waals surface area contributed by atoms with Crippen molar-refractivity contribution < 1.29 is 14.2 Å². The molecule has 3 rings (SSSR count). The normalized spacial score (nSPS) is 11.9. The number of phenols is 1. The van der Waals surface area contributed by atoms with Gasteiger partial charge in [-0.1, -0.05) is 31.8 Å². The Bertz CT molecular complexity index is 1110. The van der Waals surface area contributed by atoms with E-state index in [9.17, 15) is 14.3 Å². The predicted molar refractivity (Wildman–Crippen MR) is 123 cm³/mol. The second-order valence-corrected chi connectivity index (χ2v) is 15.2. The smallest absolute Gasteiger partial charge is 0.264 e. The Kier molecular flexibility index (Phi) is 6.62. The lowest BCUT2D eigenvalue weighted by Crippen LogP contribution is -2.25. The number of hydrogen-bond donors (Lipinski definition) is 1. The summed E-state index contributed by atoms with van der Waals surface area (Å²) in [6.07, 6.45) is 1.37. The molecule has 5 nitrogen and oxygen atoms in total. The van der Waals surface area contributed by atoms with E-state index in [1.165, 1.54) is 23.0 Å². The minimum atomic E-state index is -1.22. The maximum absolute atomic E-state index is 13.3. The van der Waals surface area contributed by atoms with Crippen LogP contribution in [0.5, 0.6) is 5.75 Å². The van der Waals surface area contributed by atoms with Gasteiger partial charge < -0.3 is 9.84 Å². The summed E-state index contributed by atoms with van der Waals surface area (Å²) < 4.78 is 21.2. The van der Waals surface area contributed by atoms with Crippen LogP contribution in [0.25, 0.3) is 22.0 Å². The van der Waals surface area contributed by atoms with Crippen molar-refractivity contribution in [3.8, 4) is 16.9 Å². The van der Waals surface area contributed by atoms with E-state index in [1.807, 2.05) is 0 Å². The first kappa shape index (κ1) is 22.1. The molecular weight excluding hydrogens is 523 g/mol. The Morgan fingerprint density at radius 3 is 2.45 bits per heavy atom. The molecule has 0 aliphatic rings. The van der Waals surface area contributed by atoms with E-state index in [-0.39, 0.29) is 34.8 Å².